The predicted octanol–water partition coefficient (Wildman–Crippen LogP) is 2.06. The molecule has 4 rings (SSSR count). The molecule has 1 amide bonds. The zero-order chi connectivity index (χ0) is 23.7. The zero-order valence-corrected chi connectivity index (χ0v) is 17.9. The number of aromatic nitrogens is 4. The second-order valence-corrected chi connectivity index (χ2v) is 7.22. The number of methoxy groups -OCH3 is 2. The van der Waals surface area contributed by atoms with E-state index in [1.165, 1.54) is 26.6 Å². The van der Waals surface area contributed by atoms with Crippen LogP contribution in [0.2, 0.25) is 0 Å². The summed E-state index contributed by atoms with van der Waals surface area (Å²) in [4.78, 5) is 21.9. The monoisotopic (exact) mass is 454 g/mol. The van der Waals surface area contributed by atoms with Crippen LogP contribution in [0.15, 0.2) is 25.0 Å². The van der Waals surface area contributed by atoms with Gasteiger partial charge in [0.2, 0.25) is 5.91 Å². The van der Waals surface area contributed by atoms with Crippen LogP contribution in [0.1, 0.15) is 23.7 Å². The molecule has 11 heteroatoms. The Balaban J connectivity index is 1.82. The number of hydrogen-bond acceptors (Lipinski definition) is 7. The number of anilines is 1. The summed E-state index contributed by atoms with van der Waals surface area (Å²) in [5, 5.41) is 4.86. The molecule has 1 fully saturated rings. The Kier molecular flexibility index (Phi) is 5.83. The fourth-order valence-corrected chi connectivity index (χ4v) is 3.73. The second kappa shape index (κ2) is 8.74. The second-order valence-electron chi connectivity index (χ2n) is 7.22. The third-order valence-electron chi connectivity index (χ3n) is 5.39. The zero-order valence-electron chi connectivity index (χ0n) is 17.9. The number of likely N-dealkylation sites (tertiary alicyclic amines) is 1. The van der Waals surface area contributed by atoms with E-state index < -0.39 is 17.2 Å². The summed E-state index contributed by atoms with van der Waals surface area (Å²) in [6, 6.07) is 0.911. The quantitative estimate of drug-likeness (QED) is 0.475. The van der Waals surface area contributed by atoms with Gasteiger partial charge in [0.15, 0.2) is 28.8 Å². The predicted molar refractivity (Wildman–Crippen MR) is 116 cm³/mol. The van der Waals surface area contributed by atoms with Crippen molar-refractivity contribution in [2.24, 2.45) is 0 Å². The Morgan fingerprint density at radius 2 is 1.94 bits per heavy atom. The molecule has 2 N–H and O–H groups in total. The molecule has 0 aliphatic carbocycles. The minimum Gasteiger partial charge on any atom is -0.493 e. The molecule has 1 saturated heterocycles. The highest BCUT2D eigenvalue weighted by Crippen LogP contribution is 2.31. The van der Waals surface area contributed by atoms with E-state index in [0.717, 1.165) is 6.07 Å². The third-order valence-corrected chi connectivity index (χ3v) is 5.39. The van der Waals surface area contributed by atoms with Crippen LogP contribution in [0.5, 0.6) is 11.5 Å². The van der Waals surface area contributed by atoms with Gasteiger partial charge in [0.1, 0.15) is 23.4 Å². The first kappa shape index (κ1) is 22.0. The molecule has 9 nitrogen and oxygen atoms in total. The summed E-state index contributed by atoms with van der Waals surface area (Å²) in [6.45, 7) is 4.44. The summed E-state index contributed by atoms with van der Waals surface area (Å²) in [5.74, 6) is 2.75. The number of halogens is 2. The van der Waals surface area contributed by atoms with Crippen molar-refractivity contribution in [1.29, 1.82) is 0 Å². The van der Waals surface area contributed by atoms with Gasteiger partial charge in [-0.05, 0) is 18.4 Å². The summed E-state index contributed by atoms with van der Waals surface area (Å²) in [5.41, 5.74) is 6.07. The Labute approximate surface area is 187 Å². The molecule has 1 aromatic carbocycles. The van der Waals surface area contributed by atoms with Crippen LogP contribution in [-0.4, -0.2) is 57.9 Å². The van der Waals surface area contributed by atoms with Crippen molar-refractivity contribution in [1.82, 2.24) is 24.6 Å². The maximum absolute atomic E-state index is 14.7. The minimum absolute atomic E-state index is 0.122. The topological polar surface area (TPSA) is 108 Å². The lowest BCUT2D eigenvalue weighted by atomic mass is 10.1. The average Bonchev–Trinajstić information content (AvgIpc) is 3.44. The van der Waals surface area contributed by atoms with Gasteiger partial charge in [-0.1, -0.05) is 12.5 Å². The standard InChI is InChI=1S/C22H20F2N6O3/c1-4-17(31)29-8-7-12(10-29)30-22-18(21(25)26-11-27-22)14(28-30)6-5-13-19(23)15(32-2)9-16(33-3)20(13)24/h4,9,11-12H,1,7-8,10H2,2-3H3,(H2,25,26,27)/t12-/m0/s1. The molecule has 3 aromatic rings. The number of carbonyl (C=O) groups is 1. The maximum Gasteiger partial charge on any atom is 0.246 e. The molecular weight excluding hydrogens is 434 g/mol. The molecular formula is C22H20F2N6O3. The smallest absolute Gasteiger partial charge is 0.246 e. The van der Waals surface area contributed by atoms with Crippen LogP contribution in [-0.2, 0) is 4.79 Å². The molecule has 33 heavy (non-hydrogen) atoms. The number of nitrogens with two attached hydrogens (primary N) is 1. The Bertz CT molecular complexity index is 1300. The van der Waals surface area contributed by atoms with Crippen LogP contribution in [0.3, 0.4) is 0 Å². The van der Waals surface area contributed by atoms with Crippen molar-refractivity contribution in [3.05, 3.63) is 47.9 Å². The number of fused-ring (bicyclic) bond motifs is 1. The van der Waals surface area contributed by atoms with Crippen molar-refractivity contribution >= 4 is 22.8 Å². The van der Waals surface area contributed by atoms with Gasteiger partial charge >= 0.3 is 0 Å². The van der Waals surface area contributed by atoms with Crippen LogP contribution in [0, 0.1) is 23.5 Å². The molecule has 0 radical (unpaired) electrons. The largest absolute Gasteiger partial charge is 0.493 e. The maximum atomic E-state index is 14.7. The number of ether oxygens (including phenoxy) is 2. The van der Waals surface area contributed by atoms with E-state index in [4.69, 9.17) is 15.2 Å². The molecule has 0 spiro atoms. The average molecular weight is 454 g/mol. The number of nitrogen functional groups attached to an aromatic ring is 1. The van der Waals surface area contributed by atoms with E-state index in [2.05, 4.69) is 33.5 Å². The molecule has 3 heterocycles. The van der Waals surface area contributed by atoms with Gasteiger partial charge in [0.05, 0.1) is 25.6 Å². The number of rotatable bonds is 4. The molecule has 0 unspecified atom stereocenters. The normalized spacial score (nSPS) is 15.3. The Hall–Kier alpha value is -4.20. The van der Waals surface area contributed by atoms with E-state index in [1.807, 2.05) is 0 Å². The number of nitrogens with zero attached hydrogens (tertiary/aromatic N) is 5. The first-order valence-corrected chi connectivity index (χ1v) is 9.91. The highest BCUT2D eigenvalue weighted by molar-refractivity contribution is 5.91. The van der Waals surface area contributed by atoms with Crippen LogP contribution in [0.25, 0.3) is 11.0 Å². The number of amides is 1. The van der Waals surface area contributed by atoms with Gasteiger partial charge in [0, 0.05) is 19.2 Å². The van der Waals surface area contributed by atoms with Crippen molar-refractivity contribution in [2.45, 2.75) is 12.5 Å². The highest BCUT2D eigenvalue weighted by atomic mass is 19.1. The van der Waals surface area contributed by atoms with Crippen LogP contribution in [0.4, 0.5) is 14.6 Å². The molecule has 1 aliphatic heterocycles. The first-order valence-electron chi connectivity index (χ1n) is 9.91. The molecule has 1 aliphatic rings. The van der Waals surface area contributed by atoms with Crippen molar-refractivity contribution in [2.75, 3.05) is 33.0 Å². The van der Waals surface area contributed by atoms with Crippen molar-refractivity contribution in [3.8, 4) is 23.3 Å². The lowest BCUT2D eigenvalue weighted by Gasteiger charge is -2.14. The fourth-order valence-electron chi connectivity index (χ4n) is 3.73. The lowest BCUT2D eigenvalue weighted by Crippen LogP contribution is -2.27. The van der Waals surface area contributed by atoms with Crippen molar-refractivity contribution in [3.63, 3.8) is 0 Å². The molecule has 0 bridgehead atoms. The highest BCUT2D eigenvalue weighted by Gasteiger charge is 2.29. The van der Waals surface area contributed by atoms with Gasteiger partial charge in [-0.25, -0.2) is 23.4 Å². The number of benzene rings is 1. The number of hydrogen-bond donors (Lipinski definition) is 1. The van der Waals surface area contributed by atoms with E-state index in [0.29, 0.717) is 30.5 Å². The molecule has 0 saturated carbocycles. The third kappa shape index (κ3) is 3.80. The summed E-state index contributed by atoms with van der Waals surface area (Å²) >= 11 is 0. The van der Waals surface area contributed by atoms with Gasteiger partial charge in [-0.3, -0.25) is 4.79 Å². The SMILES string of the molecule is C=CC(=O)N1CC[C@H](n2nc(C#Cc3c(F)c(OC)cc(OC)c3F)c3c(N)ncnc32)C1. The Morgan fingerprint density at radius 1 is 1.24 bits per heavy atom. The van der Waals surface area contributed by atoms with Crippen molar-refractivity contribution < 1.29 is 23.0 Å². The Morgan fingerprint density at radius 3 is 2.58 bits per heavy atom. The minimum atomic E-state index is -0.967. The lowest BCUT2D eigenvalue weighted by molar-refractivity contribution is -0.125. The van der Waals surface area contributed by atoms with Crippen LogP contribution < -0.4 is 15.2 Å². The van der Waals surface area contributed by atoms with Gasteiger partial charge in [-0.15, -0.1) is 0 Å². The fraction of sp³-hybridized carbons (Fsp3) is 0.273. The van der Waals surface area contributed by atoms with Gasteiger partial charge in [0.25, 0.3) is 0 Å². The first-order chi connectivity index (χ1) is 15.9. The summed E-state index contributed by atoms with van der Waals surface area (Å²) in [6.07, 6.45) is 3.18. The van der Waals surface area contributed by atoms with E-state index in [9.17, 15) is 13.6 Å². The van der Waals surface area contributed by atoms with E-state index in [1.54, 1.807) is 9.58 Å². The molecule has 2 aromatic heterocycles. The number of carbonyl (C=O) groups excluding carboxylic acids is 1. The summed E-state index contributed by atoms with van der Waals surface area (Å²) in [7, 11) is 2.50. The molecule has 170 valence electrons. The molecule has 1 atom stereocenters. The summed E-state index contributed by atoms with van der Waals surface area (Å²) < 4.78 is 40.9. The van der Waals surface area contributed by atoms with Crippen LogP contribution >= 0.6 is 0 Å². The van der Waals surface area contributed by atoms with Gasteiger partial charge < -0.3 is 20.1 Å². The van der Waals surface area contributed by atoms with E-state index >= 15 is 0 Å². The van der Waals surface area contributed by atoms with E-state index in [-0.39, 0.29) is 35.0 Å². The van der Waals surface area contributed by atoms with Gasteiger partial charge in [-0.2, -0.15) is 5.10 Å².